The molecule has 1 aromatic carbocycles. The SMILES string of the molecule is CCCC1(C(=O)Nc2cccc(C(=O)O)c2)CCCN1. The summed E-state index contributed by atoms with van der Waals surface area (Å²) in [7, 11) is 0. The number of anilines is 1. The first-order valence-electron chi connectivity index (χ1n) is 6.97. The molecule has 20 heavy (non-hydrogen) atoms. The maximum atomic E-state index is 12.5. The monoisotopic (exact) mass is 276 g/mol. The number of aromatic carboxylic acids is 1. The first kappa shape index (κ1) is 14.5. The first-order chi connectivity index (χ1) is 9.57. The van der Waals surface area contributed by atoms with Gasteiger partial charge in [0, 0.05) is 5.69 Å². The lowest BCUT2D eigenvalue weighted by Crippen LogP contribution is -2.50. The molecule has 3 N–H and O–H groups in total. The van der Waals surface area contributed by atoms with E-state index >= 15 is 0 Å². The fourth-order valence-electron chi connectivity index (χ4n) is 2.73. The van der Waals surface area contributed by atoms with Crippen molar-refractivity contribution in [3.63, 3.8) is 0 Å². The third-order valence-electron chi connectivity index (χ3n) is 3.72. The van der Waals surface area contributed by atoms with Gasteiger partial charge in [-0.3, -0.25) is 4.79 Å². The Morgan fingerprint density at radius 1 is 1.45 bits per heavy atom. The van der Waals surface area contributed by atoms with Crippen LogP contribution in [0.4, 0.5) is 5.69 Å². The first-order valence-corrected chi connectivity index (χ1v) is 6.97. The quantitative estimate of drug-likeness (QED) is 0.770. The topological polar surface area (TPSA) is 78.4 Å². The van der Waals surface area contributed by atoms with E-state index < -0.39 is 11.5 Å². The second kappa shape index (κ2) is 6.05. The number of benzene rings is 1. The lowest BCUT2D eigenvalue weighted by atomic mass is 9.90. The Bertz CT molecular complexity index is 508. The van der Waals surface area contributed by atoms with Crippen LogP contribution in [0, 0.1) is 0 Å². The van der Waals surface area contributed by atoms with Gasteiger partial charge in [0.05, 0.1) is 11.1 Å². The molecule has 2 rings (SSSR count). The average Bonchev–Trinajstić information content (AvgIpc) is 2.89. The van der Waals surface area contributed by atoms with Gasteiger partial charge in [-0.2, -0.15) is 0 Å². The summed E-state index contributed by atoms with van der Waals surface area (Å²) in [5.74, 6) is -1.07. The van der Waals surface area contributed by atoms with E-state index in [1.807, 2.05) is 0 Å². The minimum absolute atomic E-state index is 0.0700. The molecule has 0 aromatic heterocycles. The van der Waals surface area contributed by atoms with Crippen LogP contribution in [0.2, 0.25) is 0 Å². The van der Waals surface area contributed by atoms with Gasteiger partial charge < -0.3 is 15.7 Å². The van der Waals surface area contributed by atoms with E-state index in [0.29, 0.717) is 5.69 Å². The predicted octanol–water partition coefficient (Wildman–Crippen LogP) is 2.25. The molecule has 1 unspecified atom stereocenters. The number of amides is 1. The maximum absolute atomic E-state index is 12.5. The molecule has 1 fully saturated rings. The summed E-state index contributed by atoms with van der Waals surface area (Å²) in [6.45, 7) is 2.91. The Morgan fingerprint density at radius 2 is 2.25 bits per heavy atom. The van der Waals surface area contributed by atoms with Crippen LogP contribution in [0.3, 0.4) is 0 Å². The van der Waals surface area contributed by atoms with Crippen molar-refractivity contribution in [3.05, 3.63) is 29.8 Å². The van der Waals surface area contributed by atoms with Crippen LogP contribution in [0.5, 0.6) is 0 Å². The highest BCUT2D eigenvalue weighted by Crippen LogP contribution is 2.26. The highest BCUT2D eigenvalue weighted by atomic mass is 16.4. The third-order valence-corrected chi connectivity index (χ3v) is 3.72. The van der Waals surface area contributed by atoms with Crippen molar-refractivity contribution in [2.75, 3.05) is 11.9 Å². The summed E-state index contributed by atoms with van der Waals surface area (Å²) >= 11 is 0. The second-order valence-corrected chi connectivity index (χ2v) is 5.20. The van der Waals surface area contributed by atoms with Gasteiger partial charge >= 0.3 is 5.97 Å². The number of carboxylic acid groups (broad SMARTS) is 1. The molecule has 0 radical (unpaired) electrons. The smallest absolute Gasteiger partial charge is 0.335 e. The van der Waals surface area contributed by atoms with E-state index in [-0.39, 0.29) is 11.5 Å². The van der Waals surface area contributed by atoms with Crippen LogP contribution < -0.4 is 10.6 Å². The Hall–Kier alpha value is -1.88. The van der Waals surface area contributed by atoms with E-state index in [1.165, 1.54) is 12.1 Å². The molecule has 0 bridgehead atoms. The molecule has 108 valence electrons. The lowest BCUT2D eigenvalue weighted by Gasteiger charge is -2.27. The molecule has 1 aromatic rings. The standard InChI is InChI=1S/C15H20N2O3/c1-2-7-15(8-4-9-16-15)14(20)17-12-6-3-5-11(10-12)13(18)19/h3,5-6,10,16H,2,4,7-9H2,1H3,(H,17,20)(H,18,19). The molecule has 5 heteroatoms. The van der Waals surface area contributed by atoms with Crippen LogP contribution in [0.1, 0.15) is 43.0 Å². The van der Waals surface area contributed by atoms with Gasteiger partial charge in [0.2, 0.25) is 5.91 Å². The van der Waals surface area contributed by atoms with Crippen molar-refractivity contribution in [2.45, 2.75) is 38.1 Å². The zero-order valence-electron chi connectivity index (χ0n) is 11.6. The molecule has 1 aliphatic rings. The molecule has 1 saturated heterocycles. The van der Waals surface area contributed by atoms with Gasteiger partial charge in [-0.1, -0.05) is 19.4 Å². The summed E-state index contributed by atoms with van der Waals surface area (Å²) in [6.07, 6.45) is 3.53. The third kappa shape index (κ3) is 2.99. The molecule has 1 heterocycles. The Balaban J connectivity index is 2.14. The number of nitrogens with one attached hydrogen (secondary N) is 2. The Labute approximate surface area is 118 Å². The molecule has 0 spiro atoms. The summed E-state index contributed by atoms with van der Waals surface area (Å²) in [4.78, 5) is 23.4. The van der Waals surface area contributed by atoms with Crippen LogP contribution >= 0.6 is 0 Å². The summed E-state index contributed by atoms with van der Waals surface area (Å²) in [5.41, 5.74) is 0.194. The van der Waals surface area contributed by atoms with Crippen molar-refractivity contribution in [1.82, 2.24) is 5.32 Å². The number of hydrogen-bond acceptors (Lipinski definition) is 3. The number of rotatable bonds is 5. The maximum Gasteiger partial charge on any atom is 0.335 e. The summed E-state index contributed by atoms with van der Waals surface area (Å²) < 4.78 is 0. The van der Waals surface area contributed by atoms with Crippen molar-refractivity contribution < 1.29 is 14.7 Å². The molecule has 5 nitrogen and oxygen atoms in total. The summed E-state index contributed by atoms with van der Waals surface area (Å²) in [5, 5.41) is 15.1. The fraction of sp³-hybridized carbons (Fsp3) is 0.467. The molecule has 1 atom stereocenters. The largest absolute Gasteiger partial charge is 0.478 e. The zero-order chi connectivity index (χ0) is 14.6. The van der Waals surface area contributed by atoms with Crippen molar-refractivity contribution in [3.8, 4) is 0 Å². The van der Waals surface area contributed by atoms with Gasteiger partial charge in [-0.25, -0.2) is 4.79 Å². The predicted molar refractivity (Wildman–Crippen MR) is 76.9 cm³/mol. The molecule has 1 amide bonds. The van der Waals surface area contributed by atoms with Crippen molar-refractivity contribution in [2.24, 2.45) is 0 Å². The average molecular weight is 276 g/mol. The van der Waals surface area contributed by atoms with E-state index in [9.17, 15) is 9.59 Å². The minimum atomic E-state index is -0.997. The molecule has 0 aliphatic carbocycles. The van der Waals surface area contributed by atoms with Gasteiger partial charge in [0.15, 0.2) is 0 Å². The molecular formula is C15H20N2O3. The Morgan fingerprint density at radius 3 is 2.85 bits per heavy atom. The van der Waals surface area contributed by atoms with Gasteiger partial charge in [0.1, 0.15) is 0 Å². The van der Waals surface area contributed by atoms with Crippen molar-refractivity contribution >= 4 is 17.6 Å². The zero-order valence-corrected chi connectivity index (χ0v) is 11.6. The van der Waals surface area contributed by atoms with E-state index in [4.69, 9.17) is 5.11 Å². The number of carbonyl (C=O) groups excluding carboxylic acids is 1. The van der Waals surface area contributed by atoms with Crippen LogP contribution in [-0.4, -0.2) is 29.1 Å². The minimum Gasteiger partial charge on any atom is -0.478 e. The fourth-order valence-corrected chi connectivity index (χ4v) is 2.73. The van der Waals surface area contributed by atoms with Crippen LogP contribution in [-0.2, 0) is 4.79 Å². The second-order valence-electron chi connectivity index (χ2n) is 5.20. The van der Waals surface area contributed by atoms with Gasteiger partial charge in [-0.05, 0) is 44.0 Å². The van der Waals surface area contributed by atoms with Crippen LogP contribution in [0.15, 0.2) is 24.3 Å². The highest BCUT2D eigenvalue weighted by Gasteiger charge is 2.39. The van der Waals surface area contributed by atoms with E-state index in [2.05, 4.69) is 17.6 Å². The van der Waals surface area contributed by atoms with Gasteiger partial charge in [0.25, 0.3) is 0 Å². The molecular weight excluding hydrogens is 256 g/mol. The number of carbonyl (C=O) groups is 2. The van der Waals surface area contributed by atoms with E-state index in [1.54, 1.807) is 12.1 Å². The molecule has 1 aliphatic heterocycles. The number of hydrogen-bond donors (Lipinski definition) is 3. The van der Waals surface area contributed by atoms with Crippen molar-refractivity contribution in [1.29, 1.82) is 0 Å². The Kier molecular flexibility index (Phi) is 4.39. The highest BCUT2D eigenvalue weighted by molar-refractivity contribution is 5.99. The van der Waals surface area contributed by atoms with Crippen LogP contribution in [0.25, 0.3) is 0 Å². The lowest BCUT2D eigenvalue weighted by molar-refractivity contribution is -0.122. The normalized spacial score (nSPS) is 21.6. The molecule has 0 saturated carbocycles. The van der Waals surface area contributed by atoms with Gasteiger partial charge in [-0.15, -0.1) is 0 Å². The number of carboxylic acids is 1. The van der Waals surface area contributed by atoms with E-state index in [0.717, 1.165) is 32.2 Å². The summed E-state index contributed by atoms with van der Waals surface area (Å²) in [6, 6.07) is 6.33.